The predicted octanol–water partition coefficient (Wildman–Crippen LogP) is 3.78. The van der Waals surface area contributed by atoms with Crippen LogP contribution in [0.5, 0.6) is 0 Å². The third-order valence-electron chi connectivity index (χ3n) is 3.10. The minimum absolute atomic E-state index is 0.533. The Morgan fingerprint density at radius 3 is 2.81 bits per heavy atom. The number of aliphatic carboxylic acids is 1. The van der Waals surface area contributed by atoms with Crippen molar-refractivity contribution in [3.8, 4) is 5.69 Å². The maximum absolute atomic E-state index is 10.5. The maximum Gasteiger partial charge on any atom is 0.328 e. The molecule has 0 saturated heterocycles. The van der Waals surface area contributed by atoms with E-state index in [1.54, 1.807) is 12.4 Å². The van der Waals surface area contributed by atoms with Gasteiger partial charge in [-0.1, -0.05) is 29.8 Å². The highest BCUT2D eigenvalue weighted by atomic mass is 35.5. The third-order valence-corrected chi connectivity index (χ3v) is 3.41. The standard InChI is InChI=1S/C16H11ClN2O2/c17-12-9-11(6-8-16(20)21)5-7-14(12)19-10-18-13-3-1-2-4-15(13)19/h1-10H,(H,20,21)/b8-6+. The molecule has 2 aromatic carbocycles. The number of hydrogen-bond donors (Lipinski definition) is 1. The molecule has 3 aromatic rings. The van der Waals surface area contributed by atoms with Crippen LogP contribution in [0.4, 0.5) is 0 Å². The molecular formula is C16H11ClN2O2. The summed E-state index contributed by atoms with van der Waals surface area (Å²) in [5.74, 6) is -0.990. The molecule has 0 radical (unpaired) electrons. The van der Waals surface area contributed by atoms with Crippen LogP contribution in [0.15, 0.2) is 54.9 Å². The second-order valence-electron chi connectivity index (χ2n) is 4.49. The number of hydrogen-bond acceptors (Lipinski definition) is 2. The molecule has 1 N–H and O–H groups in total. The number of para-hydroxylation sites is 2. The smallest absolute Gasteiger partial charge is 0.328 e. The van der Waals surface area contributed by atoms with Crippen LogP contribution in [0.3, 0.4) is 0 Å². The Balaban J connectivity index is 2.05. The highest BCUT2D eigenvalue weighted by molar-refractivity contribution is 6.32. The van der Waals surface area contributed by atoms with Gasteiger partial charge in [0.1, 0.15) is 6.33 Å². The van der Waals surface area contributed by atoms with Crippen molar-refractivity contribution in [2.24, 2.45) is 0 Å². The molecule has 5 heteroatoms. The largest absolute Gasteiger partial charge is 0.478 e. The van der Waals surface area contributed by atoms with Crippen LogP contribution in [0.25, 0.3) is 22.8 Å². The molecule has 21 heavy (non-hydrogen) atoms. The fourth-order valence-corrected chi connectivity index (χ4v) is 2.42. The van der Waals surface area contributed by atoms with E-state index >= 15 is 0 Å². The van der Waals surface area contributed by atoms with E-state index in [4.69, 9.17) is 16.7 Å². The average molecular weight is 299 g/mol. The van der Waals surface area contributed by atoms with E-state index in [1.807, 2.05) is 41.0 Å². The van der Waals surface area contributed by atoms with Gasteiger partial charge in [0.25, 0.3) is 0 Å². The summed E-state index contributed by atoms with van der Waals surface area (Å²) in [5, 5.41) is 9.17. The Bertz CT molecular complexity index is 852. The van der Waals surface area contributed by atoms with Crippen molar-refractivity contribution in [2.75, 3.05) is 0 Å². The summed E-state index contributed by atoms with van der Waals surface area (Å²) in [7, 11) is 0. The predicted molar refractivity (Wildman–Crippen MR) is 82.7 cm³/mol. The first-order chi connectivity index (χ1) is 10.1. The van der Waals surface area contributed by atoms with Gasteiger partial charge < -0.3 is 5.11 Å². The van der Waals surface area contributed by atoms with E-state index in [0.29, 0.717) is 5.02 Å². The van der Waals surface area contributed by atoms with Crippen LogP contribution in [-0.4, -0.2) is 20.6 Å². The molecule has 104 valence electrons. The van der Waals surface area contributed by atoms with Crippen LogP contribution >= 0.6 is 11.6 Å². The molecule has 0 unspecified atom stereocenters. The van der Waals surface area contributed by atoms with E-state index in [2.05, 4.69) is 4.98 Å². The van der Waals surface area contributed by atoms with Gasteiger partial charge in [0, 0.05) is 6.08 Å². The second-order valence-corrected chi connectivity index (χ2v) is 4.89. The topological polar surface area (TPSA) is 55.1 Å². The lowest BCUT2D eigenvalue weighted by Gasteiger charge is -2.07. The minimum atomic E-state index is -0.990. The Labute approximate surface area is 125 Å². The average Bonchev–Trinajstić information content (AvgIpc) is 2.89. The van der Waals surface area contributed by atoms with Crippen molar-refractivity contribution >= 4 is 34.7 Å². The number of aromatic nitrogens is 2. The van der Waals surface area contributed by atoms with Gasteiger partial charge in [0.15, 0.2) is 0 Å². The summed E-state index contributed by atoms with van der Waals surface area (Å²) in [4.78, 5) is 14.9. The monoisotopic (exact) mass is 298 g/mol. The molecule has 0 fully saturated rings. The number of nitrogens with zero attached hydrogens (tertiary/aromatic N) is 2. The van der Waals surface area contributed by atoms with Crippen LogP contribution < -0.4 is 0 Å². The molecule has 0 amide bonds. The molecule has 0 atom stereocenters. The molecule has 0 spiro atoms. The van der Waals surface area contributed by atoms with Crippen LogP contribution in [0.2, 0.25) is 5.02 Å². The molecule has 0 bridgehead atoms. The number of fused-ring (bicyclic) bond motifs is 1. The molecule has 0 aliphatic heterocycles. The number of carboxylic acids is 1. The molecule has 1 aromatic heterocycles. The Hall–Kier alpha value is -2.59. The number of halogens is 1. The van der Waals surface area contributed by atoms with Crippen LogP contribution in [0, 0.1) is 0 Å². The van der Waals surface area contributed by atoms with Crippen molar-refractivity contribution in [3.05, 3.63) is 65.5 Å². The first kappa shape index (κ1) is 13.4. The highest BCUT2D eigenvalue weighted by Crippen LogP contribution is 2.26. The minimum Gasteiger partial charge on any atom is -0.478 e. The number of rotatable bonds is 3. The number of imidazole rings is 1. The summed E-state index contributed by atoms with van der Waals surface area (Å²) in [5.41, 5.74) is 3.39. The molecule has 3 rings (SSSR count). The van der Waals surface area contributed by atoms with Gasteiger partial charge >= 0.3 is 5.97 Å². The lowest BCUT2D eigenvalue weighted by atomic mass is 10.2. The SMILES string of the molecule is O=C(O)/C=C/c1ccc(-n2cnc3ccccc32)c(Cl)c1. The molecule has 4 nitrogen and oxygen atoms in total. The number of benzene rings is 2. The van der Waals surface area contributed by atoms with Crippen molar-refractivity contribution in [2.45, 2.75) is 0 Å². The Morgan fingerprint density at radius 1 is 1.24 bits per heavy atom. The van der Waals surface area contributed by atoms with Gasteiger partial charge in [-0.3, -0.25) is 4.57 Å². The quantitative estimate of drug-likeness (QED) is 0.749. The summed E-state index contributed by atoms with van der Waals surface area (Å²) < 4.78 is 1.91. The molecule has 0 aliphatic rings. The molecule has 0 saturated carbocycles. The number of carboxylic acid groups (broad SMARTS) is 1. The van der Waals surface area contributed by atoms with Crippen molar-refractivity contribution in [3.63, 3.8) is 0 Å². The van der Waals surface area contributed by atoms with E-state index in [-0.39, 0.29) is 0 Å². The fraction of sp³-hybridized carbons (Fsp3) is 0. The first-order valence-corrected chi connectivity index (χ1v) is 6.66. The lowest BCUT2D eigenvalue weighted by Crippen LogP contribution is -1.93. The lowest BCUT2D eigenvalue weighted by molar-refractivity contribution is -0.131. The van der Waals surface area contributed by atoms with Crippen molar-refractivity contribution < 1.29 is 9.90 Å². The highest BCUT2D eigenvalue weighted by Gasteiger charge is 2.07. The van der Waals surface area contributed by atoms with E-state index in [9.17, 15) is 4.79 Å². The van der Waals surface area contributed by atoms with Crippen LogP contribution in [-0.2, 0) is 4.79 Å². The normalized spacial score (nSPS) is 11.3. The fourth-order valence-electron chi connectivity index (χ4n) is 2.14. The third kappa shape index (κ3) is 2.66. The van der Waals surface area contributed by atoms with Crippen molar-refractivity contribution in [1.82, 2.24) is 9.55 Å². The van der Waals surface area contributed by atoms with Gasteiger partial charge in [-0.2, -0.15) is 0 Å². The van der Waals surface area contributed by atoms with Crippen LogP contribution in [0.1, 0.15) is 5.56 Å². The van der Waals surface area contributed by atoms with Gasteiger partial charge in [-0.05, 0) is 35.9 Å². The van der Waals surface area contributed by atoms with Gasteiger partial charge in [-0.25, -0.2) is 9.78 Å². The summed E-state index contributed by atoms with van der Waals surface area (Å²) in [6.07, 6.45) is 4.31. The number of carbonyl (C=O) groups is 1. The van der Waals surface area contributed by atoms with E-state index < -0.39 is 5.97 Å². The maximum atomic E-state index is 10.5. The Morgan fingerprint density at radius 2 is 2.05 bits per heavy atom. The summed E-state index contributed by atoms with van der Waals surface area (Å²) in [6, 6.07) is 13.2. The van der Waals surface area contributed by atoms with Crippen molar-refractivity contribution in [1.29, 1.82) is 0 Å². The van der Waals surface area contributed by atoms with Gasteiger partial charge in [-0.15, -0.1) is 0 Å². The first-order valence-electron chi connectivity index (χ1n) is 6.28. The summed E-state index contributed by atoms with van der Waals surface area (Å²) >= 11 is 6.31. The Kier molecular flexibility index (Phi) is 3.46. The molecule has 1 heterocycles. The zero-order chi connectivity index (χ0) is 14.8. The zero-order valence-corrected chi connectivity index (χ0v) is 11.7. The molecule has 0 aliphatic carbocycles. The van der Waals surface area contributed by atoms with E-state index in [1.165, 1.54) is 6.08 Å². The van der Waals surface area contributed by atoms with E-state index in [0.717, 1.165) is 28.4 Å². The second kappa shape index (κ2) is 5.42. The molecular weight excluding hydrogens is 288 g/mol. The van der Waals surface area contributed by atoms with Gasteiger partial charge in [0.05, 0.1) is 21.7 Å². The zero-order valence-electron chi connectivity index (χ0n) is 10.9. The van der Waals surface area contributed by atoms with Gasteiger partial charge in [0.2, 0.25) is 0 Å². The summed E-state index contributed by atoms with van der Waals surface area (Å²) in [6.45, 7) is 0.